The molecule has 2 aromatic rings. The van der Waals surface area contributed by atoms with Crippen molar-refractivity contribution in [1.82, 2.24) is 35.9 Å². The molecule has 0 spiro atoms. The Kier molecular flexibility index (Phi) is 12.0. The maximum Gasteiger partial charge on any atom is 0.326 e. The second-order valence-electron chi connectivity index (χ2n) is 8.32. The highest BCUT2D eigenvalue weighted by atomic mass is 32.1. The topological polar surface area (TPSA) is 272 Å². The zero-order chi connectivity index (χ0) is 28.1. The first kappa shape index (κ1) is 30.1. The van der Waals surface area contributed by atoms with E-state index in [1.165, 1.54) is 25.0 Å². The summed E-state index contributed by atoms with van der Waals surface area (Å²) in [5, 5.41) is 17.0. The molecule has 0 saturated carbocycles. The molecule has 16 nitrogen and oxygen atoms in total. The van der Waals surface area contributed by atoms with Crippen LogP contribution in [0.1, 0.15) is 24.2 Å². The Bertz CT molecular complexity index is 1070. The number of thiol groups is 1. The smallest absolute Gasteiger partial charge is 0.326 e. The predicted octanol–water partition coefficient (Wildman–Crippen LogP) is -3.23. The molecule has 3 amide bonds. The molecule has 12 N–H and O–H groups in total. The van der Waals surface area contributed by atoms with E-state index in [1.807, 2.05) is 0 Å². The van der Waals surface area contributed by atoms with Crippen molar-refractivity contribution in [3.63, 3.8) is 0 Å². The number of nitrogens with one attached hydrogen (secondary N) is 5. The van der Waals surface area contributed by atoms with Crippen LogP contribution in [0, 0.1) is 0 Å². The lowest BCUT2D eigenvalue weighted by atomic mass is 10.1. The van der Waals surface area contributed by atoms with Gasteiger partial charge in [-0.3, -0.25) is 19.4 Å². The standard InChI is InChI=1S/C21H33N11O5S/c22-13(4-11-6-25-9-28-11)17(33)32-16(8-38)19(35)31-15(5-12-7-26-10-29-12)18(34)30-14(20(36)37)2-1-3-27-21(23)24/h6-7,9-10,13-16,38H,1-5,8,22H2,(H,25,28)(H,26,29)(H,30,34)(H,31,35)(H,32,33)(H,36,37)(H4,23,24,27). The summed E-state index contributed by atoms with van der Waals surface area (Å²) in [7, 11) is 0. The molecule has 17 heteroatoms. The lowest BCUT2D eigenvalue weighted by molar-refractivity contribution is -0.142. The first-order valence-corrected chi connectivity index (χ1v) is 12.2. The summed E-state index contributed by atoms with van der Waals surface area (Å²) in [6.07, 6.45) is 6.32. The van der Waals surface area contributed by atoms with Crippen molar-refractivity contribution in [2.45, 2.75) is 49.9 Å². The molecule has 208 valence electrons. The number of nitrogens with two attached hydrogens (primary N) is 3. The second kappa shape index (κ2) is 15.2. The fourth-order valence-corrected chi connectivity index (χ4v) is 3.59. The Morgan fingerprint density at radius 2 is 1.47 bits per heavy atom. The predicted molar refractivity (Wildman–Crippen MR) is 140 cm³/mol. The highest BCUT2D eigenvalue weighted by Gasteiger charge is 2.30. The van der Waals surface area contributed by atoms with E-state index in [0.717, 1.165) is 0 Å². The lowest BCUT2D eigenvalue weighted by Crippen LogP contribution is -2.58. The third-order valence-corrected chi connectivity index (χ3v) is 5.68. The molecule has 0 aliphatic heterocycles. The molecule has 2 heterocycles. The highest BCUT2D eigenvalue weighted by molar-refractivity contribution is 7.80. The summed E-state index contributed by atoms with van der Waals surface area (Å²) >= 11 is 4.14. The maximum absolute atomic E-state index is 13.1. The van der Waals surface area contributed by atoms with E-state index in [-0.39, 0.29) is 37.5 Å². The number of guanidine groups is 1. The molecule has 0 saturated heterocycles. The van der Waals surface area contributed by atoms with Gasteiger partial charge in [0.1, 0.15) is 18.1 Å². The number of aliphatic imine (C=N–C) groups is 1. The van der Waals surface area contributed by atoms with Gasteiger partial charge in [-0.25, -0.2) is 14.8 Å². The lowest BCUT2D eigenvalue weighted by Gasteiger charge is -2.24. The molecule has 0 aromatic carbocycles. The summed E-state index contributed by atoms with van der Waals surface area (Å²) in [5.41, 5.74) is 17.6. The van der Waals surface area contributed by atoms with Crippen molar-refractivity contribution >= 4 is 42.3 Å². The summed E-state index contributed by atoms with van der Waals surface area (Å²) in [6, 6.07) is -4.53. The number of amides is 3. The molecule has 0 aliphatic carbocycles. The summed E-state index contributed by atoms with van der Waals surface area (Å²) in [5.74, 6) is -3.54. The summed E-state index contributed by atoms with van der Waals surface area (Å²) < 4.78 is 0. The molecule has 0 bridgehead atoms. The van der Waals surface area contributed by atoms with Crippen LogP contribution in [0.15, 0.2) is 30.0 Å². The van der Waals surface area contributed by atoms with E-state index in [0.29, 0.717) is 17.8 Å². The van der Waals surface area contributed by atoms with E-state index >= 15 is 0 Å². The molecule has 4 atom stereocenters. The fourth-order valence-electron chi connectivity index (χ4n) is 3.33. The van der Waals surface area contributed by atoms with E-state index in [9.17, 15) is 24.3 Å². The quantitative estimate of drug-likeness (QED) is 0.0431. The number of rotatable bonds is 16. The fraction of sp³-hybridized carbons (Fsp3) is 0.476. The van der Waals surface area contributed by atoms with Crippen molar-refractivity contribution in [3.8, 4) is 0 Å². The molecule has 0 fully saturated rings. The van der Waals surface area contributed by atoms with Gasteiger partial charge in [0, 0.05) is 48.9 Å². The normalized spacial score (nSPS) is 13.9. The van der Waals surface area contributed by atoms with Crippen LogP contribution >= 0.6 is 12.6 Å². The van der Waals surface area contributed by atoms with Gasteiger partial charge < -0.3 is 48.2 Å². The Morgan fingerprint density at radius 1 is 0.921 bits per heavy atom. The Balaban J connectivity index is 2.06. The largest absolute Gasteiger partial charge is 0.480 e. The number of carboxylic acid groups (broad SMARTS) is 1. The van der Waals surface area contributed by atoms with Crippen molar-refractivity contribution in [2.24, 2.45) is 22.2 Å². The number of aromatic amines is 2. The molecule has 4 unspecified atom stereocenters. The number of hydrogen-bond donors (Lipinski definition) is 10. The summed E-state index contributed by atoms with van der Waals surface area (Å²) in [4.78, 5) is 67.5. The van der Waals surface area contributed by atoms with Gasteiger partial charge in [0.15, 0.2) is 5.96 Å². The van der Waals surface area contributed by atoms with Gasteiger partial charge in [-0.2, -0.15) is 12.6 Å². The Hall–Kier alpha value is -4.12. The van der Waals surface area contributed by atoms with E-state index in [1.54, 1.807) is 0 Å². The zero-order valence-corrected chi connectivity index (χ0v) is 21.4. The Labute approximate surface area is 223 Å². The van der Waals surface area contributed by atoms with E-state index < -0.39 is 47.9 Å². The number of carboxylic acids is 1. The number of carbonyl (C=O) groups is 4. The molecule has 2 rings (SSSR count). The van der Waals surface area contributed by atoms with Crippen LogP contribution in [0.3, 0.4) is 0 Å². The first-order valence-electron chi connectivity index (χ1n) is 11.6. The van der Waals surface area contributed by atoms with Crippen molar-refractivity contribution in [2.75, 3.05) is 12.3 Å². The van der Waals surface area contributed by atoms with Crippen LogP contribution in [0.25, 0.3) is 0 Å². The van der Waals surface area contributed by atoms with E-state index in [4.69, 9.17) is 17.2 Å². The van der Waals surface area contributed by atoms with Gasteiger partial charge in [0.25, 0.3) is 0 Å². The van der Waals surface area contributed by atoms with Crippen LogP contribution < -0.4 is 33.2 Å². The van der Waals surface area contributed by atoms with Crippen molar-refractivity contribution in [3.05, 3.63) is 36.4 Å². The highest BCUT2D eigenvalue weighted by Crippen LogP contribution is 2.05. The number of imidazole rings is 2. The van der Waals surface area contributed by atoms with E-state index in [2.05, 4.69) is 53.5 Å². The zero-order valence-electron chi connectivity index (χ0n) is 20.5. The van der Waals surface area contributed by atoms with Gasteiger partial charge in [-0.1, -0.05) is 0 Å². The molecular weight excluding hydrogens is 518 g/mol. The third-order valence-electron chi connectivity index (χ3n) is 5.32. The van der Waals surface area contributed by atoms with Crippen LogP contribution in [0.5, 0.6) is 0 Å². The molecule has 38 heavy (non-hydrogen) atoms. The minimum Gasteiger partial charge on any atom is -0.480 e. The number of nitrogens with zero attached hydrogens (tertiary/aromatic N) is 3. The minimum absolute atomic E-state index is 0.0233. The maximum atomic E-state index is 13.1. The Morgan fingerprint density at radius 3 is 2.00 bits per heavy atom. The van der Waals surface area contributed by atoms with Crippen LogP contribution in [0.2, 0.25) is 0 Å². The van der Waals surface area contributed by atoms with Gasteiger partial charge in [0.05, 0.1) is 18.7 Å². The molecular formula is C21H33N11O5S. The van der Waals surface area contributed by atoms with Crippen LogP contribution in [-0.4, -0.2) is 91.2 Å². The van der Waals surface area contributed by atoms with Gasteiger partial charge in [0.2, 0.25) is 17.7 Å². The van der Waals surface area contributed by atoms with Crippen LogP contribution in [-0.2, 0) is 32.0 Å². The van der Waals surface area contributed by atoms with Crippen LogP contribution in [0.4, 0.5) is 0 Å². The number of aromatic nitrogens is 4. The van der Waals surface area contributed by atoms with Gasteiger partial charge in [-0.05, 0) is 12.8 Å². The minimum atomic E-state index is -1.26. The molecule has 0 aliphatic rings. The molecule has 2 aromatic heterocycles. The number of hydrogen-bond acceptors (Lipinski definition) is 9. The monoisotopic (exact) mass is 551 g/mol. The molecule has 0 radical (unpaired) electrons. The van der Waals surface area contributed by atoms with Crippen molar-refractivity contribution in [1.29, 1.82) is 0 Å². The number of carbonyl (C=O) groups excluding carboxylic acids is 3. The summed E-state index contributed by atoms with van der Waals surface area (Å²) in [6.45, 7) is 0.183. The number of H-pyrrole nitrogens is 2. The average molecular weight is 552 g/mol. The first-order chi connectivity index (χ1) is 18.1. The average Bonchev–Trinajstić information content (AvgIpc) is 3.57. The van der Waals surface area contributed by atoms with Crippen molar-refractivity contribution < 1.29 is 24.3 Å². The van der Waals surface area contributed by atoms with Gasteiger partial charge >= 0.3 is 5.97 Å². The SMILES string of the molecule is NC(N)=NCCCC(NC(=O)C(Cc1cnc[nH]1)NC(=O)C(CS)NC(=O)C(N)Cc1cnc[nH]1)C(=O)O. The van der Waals surface area contributed by atoms with Gasteiger partial charge in [-0.15, -0.1) is 0 Å². The third kappa shape index (κ3) is 10.1. The second-order valence-corrected chi connectivity index (χ2v) is 8.69. The number of aliphatic carboxylic acids is 1.